The molecule has 1 amide bonds. The first-order valence-electron chi connectivity index (χ1n) is 3.38. The molecule has 3 heteroatoms. The zero-order valence-electron chi connectivity index (χ0n) is 6.37. The lowest BCUT2D eigenvalue weighted by Gasteiger charge is -2.09. The van der Waals surface area contributed by atoms with E-state index in [0.29, 0.717) is 6.54 Å². The molecule has 0 spiro atoms. The largest absolute Gasteiger partial charge is 0.465 e. The van der Waals surface area contributed by atoms with Gasteiger partial charge in [-0.1, -0.05) is 13.0 Å². The number of amides is 1. The van der Waals surface area contributed by atoms with Gasteiger partial charge in [0.2, 0.25) is 0 Å². The summed E-state index contributed by atoms with van der Waals surface area (Å²) in [7, 11) is 0. The van der Waals surface area contributed by atoms with E-state index in [-0.39, 0.29) is 0 Å². The molecule has 0 unspecified atom stereocenters. The highest BCUT2D eigenvalue weighted by molar-refractivity contribution is 5.66. The van der Waals surface area contributed by atoms with Crippen LogP contribution >= 0.6 is 0 Å². The summed E-state index contributed by atoms with van der Waals surface area (Å²) in [6, 6.07) is 0. The lowest BCUT2D eigenvalue weighted by molar-refractivity contribution is 0.164. The van der Waals surface area contributed by atoms with Crippen molar-refractivity contribution in [3.63, 3.8) is 0 Å². The molecule has 3 nitrogen and oxygen atoms in total. The number of rotatable bonds is 3. The van der Waals surface area contributed by atoms with Gasteiger partial charge in [-0.15, -0.1) is 0 Å². The Morgan fingerprint density at radius 1 is 1.60 bits per heavy atom. The number of allylic oxidation sites excluding steroid dienone is 1. The first kappa shape index (κ1) is 9.01. The molecule has 58 valence electrons. The normalized spacial score (nSPS) is 10.2. The molecule has 0 aromatic heterocycles. The van der Waals surface area contributed by atoms with Gasteiger partial charge < -0.3 is 5.11 Å². The second-order valence-electron chi connectivity index (χ2n) is 1.86. The van der Waals surface area contributed by atoms with Crippen LogP contribution in [0.1, 0.15) is 20.3 Å². The standard InChI is InChI=1S/C7H13NO2/c1-3-5-6-8(4-2)7(9)10/h5-6H,3-4H2,1-2H3,(H,9,10)/b6-5+. The van der Waals surface area contributed by atoms with Crippen LogP contribution in [0.15, 0.2) is 12.3 Å². The maximum absolute atomic E-state index is 10.3. The fourth-order valence-corrected chi connectivity index (χ4v) is 0.537. The fourth-order valence-electron chi connectivity index (χ4n) is 0.537. The van der Waals surface area contributed by atoms with Crippen LogP contribution in [-0.4, -0.2) is 22.6 Å². The zero-order valence-corrected chi connectivity index (χ0v) is 6.37. The summed E-state index contributed by atoms with van der Waals surface area (Å²) in [5, 5.41) is 8.47. The SMILES string of the molecule is CC/C=C/N(CC)C(=O)O. The van der Waals surface area contributed by atoms with Crippen LogP contribution in [0.25, 0.3) is 0 Å². The topological polar surface area (TPSA) is 40.5 Å². The van der Waals surface area contributed by atoms with Gasteiger partial charge in [-0.25, -0.2) is 4.79 Å². The van der Waals surface area contributed by atoms with Crippen LogP contribution in [0.3, 0.4) is 0 Å². The molecule has 10 heavy (non-hydrogen) atoms. The smallest absolute Gasteiger partial charge is 0.411 e. The van der Waals surface area contributed by atoms with Crippen LogP contribution in [0.5, 0.6) is 0 Å². The van der Waals surface area contributed by atoms with Crippen molar-refractivity contribution in [3.8, 4) is 0 Å². The molecule has 0 aromatic carbocycles. The minimum absolute atomic E-state index is 0.506. The van der Waals surface area contributed by atoms with Crippen molar-refractivity contribution >= 4 is 6.09 Å². The molecule has 0 aliphatic carbocycles. The van der Waals surface area contributed by atoms with Gasteiger partial charge >= 0.3 is 6.09 Å². The van der Waals surface area contributed by atoms with Crippen molar-refractivity contribution in [2.24, 2.45) is 0 Å². The van der Waals surface area contributed by atoms with Crippen molar-refractivity contribution in [2.75, 3.05) is 6.54 Å². The first-order valence-corrected chi connectivity index (χ1v) is 3.38. The maximum atomic E-state index is 10.3. The molecule has 0 saturated heterocycles. The summed E-state index contributed by atoms with van der Waals surface area (Å²) in [5.41, 5.74) is 0. The fraction of sp³-hybridized carbons (Fsp3) is 0.571. The van der Waals surface area contributed by atoms with E-state index in [1.807, 2.05) is 13.0 Å². The summed E-state index contributed by atoms with van der Waals surface area (Å²) < 4.78 is 0. The van der Waals surface area contributed by atoms with Gasteiger partial charge in [0, 0.05) is 12.7 Å². The van der Waals surface area contributed by atoms with Crippen molar-refractivity contribution < 1.29 is 9.90 Å². The van der Waals surface area contributed by atoms with Crippen LogP contribution in [0.2, 0.25) is 0 Å². The molecule has 0 heterocycles. The van der Waals surface area contributed by atoms with Crippen LogP contribution in [0, 0.1) is 0 Å². The zero-order chi connectivity index (χ0) is 7.98. The predicted octanol–water partition coefficient (Wildman–Crippen LogP) is 1.91. The third-order valence-electron chi connectivity index (χ3n) is 1.11. The summed E-state index contributed by atoms with van der Waals surface area (Å²) >= 11 is 0. The number of hydrogen-bond acceptors (Lipinski definition) is 1. The van der Waals surface area contributed by atoms with E-state index in [9.17, 15) is 4.79 Å². The third-order valence-corrected chi connectivity index (χ3v) is 1.11. The molecule has 1 N–H and O–H groups in total. The van der Waals surface area contributed by atoms with Gasteiger partial charge in [-0.3, -0.25) is 4.90 Å². The highest BCUT2D eigenvalue weighted by Gasteiger charge is 2.02. The van der Waals surface area contributed by atoms with E-state index >= 15 is 0 Å². The van der Waals surface area contributed by atoms with E-state index in [2.05, 4.69) is 0 Å². The molecular weight excluding hydrogens is 130 g/mol. The molecule has 0 saturated carbocycles. The average Bonchev–Trinajstić information content (AvgIpc) is 1.89. The molecule has 0 aliphatic heterocycles. The van der Waals surface area contributed by atoms with E-state index in [0.717, 1.165) is 6.42 Å². The Morgan fingerprint density at radius 3 is 2.50 bits per heavy atom. The lowest BCUT2D eigenvalue weighted by atomic mass is 10.4. The number of hydrogen-bond donors (Lipinski definition) is 1. The number of nitrogens with zero attached hydrogens (tertiary/aromatic N) is 1. The average molecular weight is 143 g/mol. The Balaban J connectivity index is 3.83. The Bertz CT molecular complexity index is 132. The van der Waals surface area contributed by atoms with E-state index in [1.54, 1.807) is 13.1 Å². The summed E-state index contributed by atoms with van der Waals surface area (Å²) in [6.07, 6.45) is 3.37. The van der Waals surface area contributed by atoms with Gasteiger partial charge in [0.1, 0.15) is 0 Å². The molecule has 0 aromatic rings. The second kappa shape index (κ2) is 4.85. The van der Waals surface area contributed by atoms with Crippen LogP contribution in [-0.2, 0) is 0 Å². The summed E-state index contributed by atoms with van der Waals surface area (Å²) in [5.74, 6) is 0. The Labute approximate surface area is 61.0 Å². The Morgan fingerprint density at radius 2 is 2.20 bits per heavy atom. The van der Waals surface area contributed by atoms with Gasteiger partial charge in [0.15, 0.2) is 0 Å². The summed E-state index contributed by atoms with van der Waals surface area (Å²) in [4.78, 5) is 11.6. The highest BCUT2D eigenvalue weighted by atomic mass is 16.4. The molecule has 0 radical (unpaired) electrons. The molecule has 0 bridgehead atoms. The van der Waals surface area contributed by atoms with E-state index < -0.39 is 6.09 Å². The van der Waals surface area contributed by atoms with Crippen molar-refractivity contribution in [1.29, 1.82) is 0 Å². The van der Waals surface area contributed by atoms with Gasteiger partial charge in [0.05, 0.1) is 0 Å². The van der Waals surface area contributed by atoms with E-state index in [4.69, 9.17) is 5.11 Å². The van der Waals surface area contributed by atoms with Crippen LogP contribution < -0.4 is 0 Å². The van der Waals surface area contributed by atoms with Gasteiger partial charge in [-0.05, 0) is 13.3 Å². The summed E-state index contributed by atoms with van der Waals surface area (Å²) in [6.45, 7) is 4.27. The van der Waals surface area contributed by atoms with Gasteiger partial charge in [0.25, 0.3) is 0 Å². The number of carboxylic acid groups (broad SMARTS) is 1. The molecule has 0 fully saturated rings. The first-order chi connectivity index (χ1) is 4.72. The Kier molecular flexibility index (Phi) is 4.37. The lowest BCUT2D eigenvalue weighted by Crippen LogP contribution is -2.22. The molecule has 0 rings (SSSR count). The second-order valence-corrected chi connectivity index (χ2v) is 1.86. The monoisotopic (exact) mass is 143 g/mol. The van der Waals surface area contributed by atoms with Crippen molar-refractivity contribution in [2.45, 2.75) is 20.3 Å². The molecule has 0 atom stereocenters. The minimum atomic E-state index is -0.896. The van der Waals surface area contributed by atoms with Crippen LogP contribution in [0.4, 0.5) is 4.79 Å². The number of carbonyl (C=O) groups is 1. The highest BCUT2D eigenvalue weighted by Crippen LogP contribution is 1.91. The minimum Gasteiger partial charge on any atom is -0.465 e. The van der Waals surface area contributed by atoms with Crippen molar-refractivity contribution in [1.82, 2.24) is 4.90 Å². The Hall–Kier alpha value is -0.990. The predicted molar refractivity (Wildman–Crippen MR) is 39.8 cm³/mol. The molecule has 0 aliphatic rings. The van der Waals surface area contributed by atoms with E-state index in [1.165, 1.54) is 4.90 Å². The quantitative estimate of drug-likeness (QED) is 0.655. The maximum Gasteiger partial charge on any atom is 0.411 e. The van der Waals surface area contributed by atoms with Crippen molar-refractivity contribution in [3.05, 3.63) is 12.3 Å². The third kappa shape index (κ3) is 3.12. The van der Waals surface area contributed by atoms with Gasteiger partial charge in [-0.2, -0.15) is 0 Å². The molecular formula is C7H13NO2.